The predicted molar refractivity (Wildman–Crippen MR) is 65.4 cm³/mol. The second-order valence-corrected chi connectivity index (χ2v) is 5.23. The van der Waals surface area contributed by atoms with Crippen molar-refractivity contribution in [1.29, 1.82) is 0 Å². The maximum atomic E-state index is 11.3. The van der Waals surface area contributed by atoms with Gasteiger partial charge in [0.1, 0.15) is 5.60 Å². The van der Waals surface area contributed by atoms with E-state index in [9.17, 15) is 4.79 Å². The van der Waals surface area contributed by atoms with Crippen molar-refractivity contribution >= 4 is 6.09 Å². The quantitative estimate of drug-likeness (QED) is 0.734. The normalized spacial score (nSPS) is 13.7. The molecule has 1 amide bonds. The molecule has 5 nitrogen and oxygen atoms in total. The Morgan fingerprint density at radius 1 is 1.44 bits per heavy atom. The number of nitrogens with one attached hydrogen (secondary N) is 1. The van der Waals surface area contributed by atoms with Crippen LogP contribution in [0.5, 0.6) is 0 Å². The van der Waals surface area contributed by atoms with Crippen LogP contribution in [-0.2, 0) is 4.74 Å². The summed E-state index contributed by atoms with van der Waals surface area (Å²) < 4.78 is 5.10. The summed E-state index contributed by atoms with van der Waals surface area (Å²) in [5.74, 6) is 0. The van der Waals surface area contributed by atoms with Crippen LogP contribution in [0.25, 0.3) is 0 Å². The molecule has 0 spiro atoms. The maximum Gasteiger partial charge on any atom is 0.407 e. The molecule has 96 valence electrons. The number of ether oxygens (including phenoxy) is 1. The molecular weight excluding hydrogens is 206 g/mol. The molecule has 0 aromatic heterocycles. The minimum absolute atomic E-state index is 0.0325. The first-order valence-corrected chi connectivity index (χ1v) is 5.58. The van der Waals surface area contributed by atoms with Crippen molar-refractivity contribution in [2.45, 2.75) is 38.8 Å². The van der Waals surface area contributed by atoms with Crippen LogP contribution in [0.1, 0.15) is 27.2 Å². The summed E-state index contributed by atoms with van der Waals surface area (Å²) in [6.45, 7) is 6.86. The first-order valence-electron chi connectivity index (χ1n) is 5.58. The van der Waals surface area contributed by atoms with Gasteiger partial charge in [-0.25, -0.2) is 4.79 Å². The number of nitrogens with two attached hydrogens (primary N) is 1. The van der Waals surface area contributed by atoms with E-state index >= 15 is 0 Å². The molecule has 0 aromatic carbocycles. The van der Waals surface area contributed by atoms with Gasteiger partial charge in [-0.3, -0.25) is 0 Å². The molecule has 3 N–H and O–H groups in total. The number of carbonyl (C=O) groups is 1. The van der Waals surface area contributed by atoms with E-state index in [0.717, 1.165) is 13.0 Å². The Balaban J connectivity index is 3.67. The zero-order chi connectivity index (χ0) is 12.8. The smallest absolute Gasteiger partial charge is 0.407 e. The van der Waals surface area contributed by atoms with Crippen molar-refractivity contribution < 1.29 is 9.53 Å². The Labute approximate surface area is 98.3 Å². The molecule has 0 aliphatic carbocycles. The molecule has 1 unspecified atom stereocenters. The molecule has 0 heterocycles. The van der Waals surface area contributed by atoms with Gasteiger partial charge in [0, 0.05) is 12.6 Å². The van der Waals surface area contributed by atoms with Crippen LogP contribution in [0.15, 0.2) is 0 Å². The summed E-state index contributed by atoms with van der Waals surface area (Å²) in [5.41, 5.74) is 5.38. The Kier molecular flexibility index (Phi) is 6.36. The van der Waals surface area contributed by atoms with Crippen LogP contribution in [0.3, 0.4) is 0 Å². The van der Waals surface area contributed by atoms with Gasteiger partial charge in [-0.1, -0.05) is 0 Å². The summed E-state index contributed by atoms with van der Waals surface area (Å²) in [6, 6.07) is -0.0325. The topological polar surface area (TPSA) is 67.6 Å². The monoisotopic (exact) mass is 231 g/mol. The van der Waals surface area contributed by atoms with Crippen molar-refractivity contribution in [2.24, 2.45) is 5.73 Å². The van der Waals surface area contributed by atoms with Crippen molar-refractivity contribution in [3.05, 3.63) is 0 Å². The molecule has 5 heteroatoms. The fourth-order valence-corrected chi connectivity index (χ4v) is 1.05. The van der Waals surface area contributed by atoms with Gasteiger partial charge in [0.15, 0.2) is 0 Å². The predicted octanol–water partition coefficient (Wildman–Crippen LogP) is 0.790. The lowest BCUT2D eigenvalue weighted by molar-refractivity contribution is 0.0524. The average Bonchev–Trinajstić information content (AvgIpc) is 2.08. The molecule has 0 saturated heterocycles. The number of nitrogens with zero attached hydrogens (tertiary/aromatic N) is 1. The fourth-order valence-electron chi connectivity index (χ4n) is 1.05. The molecule has 0 aliphatic heterocycles. The van der Waals surface area contributed by atoms with Crippen LogP contribution in [0, 0.1) is 0 Å². The largest absolute Gasteiger partial charge is 0.444 e. The third kappa shape index (κ3) is 9.73. The Morgan fingerprint density at radius 2 is 2.00 bits per heavy atom. The van der Waals surface area contributed by atoms with E-state index in [1.165, 1.54) is 0 Å². The summed E-state index contributed by atoms with van der Waals surface area (Å²) in [5, 5.41) is 2.66. The van der Waals surface area contributed by atoms with Gasteiger partial charge in [0.2, 0.25) is 0 Å². The highest BCUT2D eigenvalue weighted by atomic mass is 16.6. The zero-order valence-electron chi connectivity index (χ0n) is 11.0. The van der Waals surface area contributed by atoms with E-state index in [1.54, 1.807) is 0 Å². The standard InChI is InChI=1S/C11H25N3O2/c1-11(2,3)16-10(15)13-8-9(12)6-7-14(4)5/h9H,6-8,12H2,1-5H3,(H,13,15). The minimum Gasteiger partial charge on any atom is -0.444 e. The number of hydrogen-bond acceptors (Lipinski definition) is 4. The summed E-state index contributed by atoms with van der Waals surface area (Å²) in [7, 11) is 3.99. The van der Waals surface area contributed by atoms with Gasteiger partial charge in [0.05, 0.1) is 0 Å². The minimum atomic E-state index is -0.461. The number of carbonyl (C=O) groups excluding carboxylic acids is 1. The van der Waals surface area contributed by atoms with E-state index in [1.807, 2.05) is 34.9 Å². The first kappa shape index (κ1) is 15.2. The highest BCUT2D eigenvalue weighted by molar-refractivity contribution is 5.67. The van der Waals surface area contributed by atoms with Gasteiger partial charge in [-0.15, -0.1) is 0 Å². The lowest BCUT2D eigenvalue weighted by Gasteiger charge is -2.21. The van der Waals surface area contributed by atoms with E-state index in [2.05, 4.69) is 10.2 Å². The maximum absolute atomic E-state index is 11.3. The van der Waals surface area contributed by atoms with Gasteiger partial charge in [0.25, 0.3) is 0 Å². The van der Waals surface area contributed by atoms with Crippen LogP contribution in [0.2, 0.25) is 0 Å². The molecule has 0 saturated carbocycles. The van der Waals surface area contributed by atoms with Crippen LogP contribution < -0.4 is 11.1 Å². The molecule has 0 fully saturated rings. The van der Waals surface area contributed by atoms with E-state index in [0.29, 0.717) is 6.54 Å². The Bertz CT molecular complexity index is 212. The molecule has 0 aliphatic rings. The summed E-state index contributed by atoms with van der Waals surface area (Å²) in [4.78, 5) is 13.4. The second-order valence-electron chi connectivity index (χ2n) is 5.23. The third-order valence-electron chi connectivity index (χ3n) is 1.85. The molecule has 0 bridgehead atoms. The van der Waals surface area contributed by atoms with Crippen LogP contribution in [0.4, 0.5) is 4.79 Å². The summed E-state index contributed by atoms with van der Waals surface area (Å²) >= 11 is 0. The SMILES string of the molecule is CN(C)CCC(N)CNC(=O)OC(C)(C)C. The molecule has 16 heavy (non-hydrogen) atoms. The number of rotatable bonds is 5. The molecular formula is C11H25N3O2. The number of amides is 1. The van der Waals surface area contributed by atoms with Crippen molar-refractivity contribution in [3.63, 3.8) is 0 Å². The average molecular weight is 231 g/mol. The van der Waals surface area contributed by atoms with E-state index in [4.69, 9.17) is 10.5 Å². The van der Waals surface area contributed by atoms with Crippen molar-refractivity contribution in [2.75, 3.05) is 27.2 Å². The van der Waals surface area contributed by atoms with Crippen LogP contribution >= 0.6 is 0 Å². The molecule has 1 atom stereocenters. The second kappa shape index (κ2) is 6.70. The highest BCUT2D eigenvalue weighted by Gasteiger charge is 2.16. The van der Waals surface area contributed by atoms with Gasteiger partial charge in [-0.2, -0.15) is 0 Å². The fraction of sp³-hybridized carbons (Fsp3) is 0.909. The lowest BCUT2D eigenvalue weighted by Crippen LogP contribution is -2.41. The van der Waals surface area contributed by atoms with Gasteiger partial charge < -0.3 is 20.7 Å². The Hall–Kier alpha value is -0.810. The van der Waals surface area contributed by atoms with Crippen LogP contribution in [-0.4, -0.2) is 49.8 Å². The van der Waals surface area contributed by atoms with E-state index in [-0.39, 0.29) is 6.04 Å². The number of alkyl carbamates (subject to hydrolysis) is 1. The molecule has 0 rings (SSSR count). The molecule has 0 aromatic rings. The summed E-state index contributed by atoms with van der Waals surface area (Å²) in [6.07, 6.45) is 0.441. The van der Waals surface area contributed by atoms with E-state index < -0.39 is 11.7 Å². The number of hydrogen-bond donors (Lipinski definition) is 2. The third-order valence-corrected chi connectivity index (χ3v) is 1.85. The zero-order valence-corrected chi connectivity index (χ0v) is 11.0. The highest BCUT2D eigenvalue weighted by Crippen LogP contribution is 2.06. The Morgan fingerprint density at radius 3 is 2.44 bits per heavy atom. The van der Waals surface area contributed by atoms with Gasteiger partial charge in [-0.05, 0) is 47.8 Å². The van der Waals surface area contributed by atoms with Crippen molar-refractivity contribution in [1.82, 2.24) is 10.2 Å². The van der Waals surface area contributed by atoms with Gasteiger partial charge >= 0.3 is 6.09 Å². The lowest BCUT2D eigenvalue weighted by atomic mass is 10.2. The molecule has 0 radical (unpaired) electrons. The van der Waals surface area contributed by atoms with Crippen molar-refractivity contribution in [3.8, 4) is 0 Å². The first-order chi connectivity index (χ1) is 7.20.